The largest absolute Gasteiger partial charge is 0.312 e. The number of allylic oxidation sites excluding steroid dienone is 2. The van der Waals surface area contributed by atoms with Crippen molar-refractivity contribution in [2.75, 3.05) is 6.67 Å². The molecule has 0 radical (unpaired) electrons. The van der Waals surface area contributed by atoms with Crippen molar-refractivity contribution in [3.63, 3.8) is 0 Å². The van der Waals surface area contributed by atoms with Gasteiger partial charge in [-0.2, -0.15) is 0 Å². The van der Waals surface area contributed by atoms with Crippen LogP contribution >= 0.6 is 0 Å². The van der Waals surface area contributed by atoms with Crippen LogP contribution < -0.4 is 5.73 Å². The van der Waals surface area contributed by atoms with Crippen LogP contribution in [0.25, 0.3) is 0 Å². The third kappa shape index (κ3) is 5.37. The molecule has 0 atom stereocenters. The van der Waals surface area contributed by atoms with Crippen molar-refractivity contribution < 1.29 is 0 Å². The molecule has 40 valence electrons. The summed E-state index contributed by atoms with van der Waals surface area (Å²) in [7, 11) is 0. The number of rotatable bonds is 2. The molecule has 0 aromatic rings. The van der Waals surface area contributed by atoms with E-state index >= 15 is 0 Å². The predicted molar refractivity (Wildman–Crippen MR) is 32.4 cm³/mol. The highest BCUT2D eigenvalue weighted by Gasteiger charge is 1.56. The molecule has 0 heterocycles. The lowest BCUT2D eigenvalue weighted by Gasteiger charge is -1.73. The Morgan fingerprint density at radius 1 is 1.71 bits per heavy atom. The minimum atomic E-state index is 0.379. The van der Waals surface area contributed by atoms with E-state index in [1.165, 1.54) is 0 Å². The minimum absolute atomic E-state index is 0.379. The first kappa shape index (κ1) is 6.37. The zero-order valence-electron chi connectivity index (χ0n) is 4.46. The highest BCUT2D eigenvalue weighted by molar-refractivity contribution is 5.70. The molecule has 0 saturated carbocycles. The van der Waals surface area contributed by atoms with Crippen LogP contribution in [0.1, 0.15) is 6.92 Å². The van der Waals surface area contributed by atoms with Crippen molar-refractivity contribution in [3.05, 3.63) is 12.2 Å². The molecule has 0 amide bonds. The van der Waals surface area contributed by atoms with E-state index in [9.17, 15) is 0 Å². The molecular formula is C5H10N2. The summed E-state index contributed by atoms with van der Waals surface area (Å²) in [5.41, 5.74) is 5.04. The average Bonchev–Trinajstić information content (AvgIpc) is 1.69. The zero-order chi connectivity index (χ0) is 5.54. The monoisotopic (exact) mass is 98.1 g/mol. The molecule has 0 bridgehead atoms. The molecule has 0 rings (SSSR count). The lowest BCUT2D eigenvalue weighted by molar-refractivity contribution is 1.08. The van der Waals surface area contributed by atoms with Crippen molar-refractivity contribution >= 4 is 6.21 Å². The first-order valence-corrected chi connectivity index (χ1v) is 2.23. The van der Waals surface area contributed by atoms with Gasteiger partial charge in [0.1, 0.15) is 0 Å². The van der Waals surface area contributed by atoms with E-state index < -0.39 is 0 Å². The van der Waals surface area contributed by atoms with Crippen LogP contribution in [0.15, 0.2) is 17.1 Å². The number of aliphatic imine (C=N–C) groups is 1. The molecule has 0 fully saturated rings. The van der Waals surface area contributed by atoms with Crippen LogP contribution in [0.3, 0.4) is 0 Å². The Hall–Kier alpha value is -0.630. The molecule has 0 aliphatic carbocycles. The van der Waals surface area contributed by atoms with Gasteiger partial charge in [-0.25, -0.2) is 0 Å². The van der Waals surface area contributed by atoms with Crippen LogP contribution in [0.5, 0.6) is 0 Å². The fourth-order valence-corrected chi connectivity index (χ4v) is 0.208. The maximum Gasteiger partial charge on any atom is 0.0859 e. The molecule has 0 aliphatic heterocycles. The third-order valence-electron chi connectivity index (χ3n) is 0.489. The van der Waals surface area contributed by atoms with Crippen molar-refractivity contribution in [3.8, 4) is 0 Å². The molecule has 0 saturated heterocycles. The number of hydrogen-bond donors (Lipinski definition) is 1. The van der Waals surface area contributed by atoms with Crippen molar-refractivity contribution in [1.29, 1.82) is 0 Å². The van der Waals surface area contributed by atoms with E-state index in [-0.39, 0.29) is 0 Å². The van der Waals surface area contributed by atoms with Gasteiger partial charge in [0.25, 0.3) is 0 Å². The molecule has 0 aliphatic rings. The normalized spacial score (nSPS) is 11.7. The summed E-state index contributed by atoms with van der Waals surface area (Å²) in [4.78, 5) is 3.73. The van der Waals surface area contributed by atoms with Crippen LogP contribution in [0.2, 0.25) is 0 Å². The van der Waals surface area contributed by atoms with E-state index in [2.05, 4.69) is 4.99 Å². The standard InChI is InChI=1S/C5H10N2/c1-2-3-4-7-5-6/h2-4H,5-6H2,1H3/b3-2-,7-4-. The van der Waals surface area contributed by atoms with Crippen LogP contribution in [-0.2, 0) is 0 Å². The smallest absolute Gasteiger partial charge is 0.0859 e. The molecule has 0 aromatic carbocycles. The lowest BCUT2D eigenvalue weighted by atomic mass is 10.6. The Labute approximate surface area is 43.7 Å². The van der Waals surface area contributed by atoms with E-state index in [0.29, 0.717) is 6.67 Å². The molecular weight excluding hydrogens is 88.1 g/mol. The fourth-order valence-electron chi connectivity index (χ4n) is 0.208. The van der Waals surface area contributed by atoms with Crippen LogP contribution in [0, 0.1) is 0 Å². The summed E-state index contributed by atoms with van der Waals surface area (Å²) in [6.07, 6.45) is 5.42. The highest BCUT2D eigenvalue weighted by Crippen LogP contribution is 1.62. The van der Waals surface area contributed by atoms with Gasteiger partial charge in [-0.15, -0.1) is 0 Å². The molecule has 7 heavy (non-hydrogen) atoms. The van der Waals surface area contributed by atoms with Gasteiger partial charge in [-0.3, -0.25) is 4.99 Å². The van der Waals surface area contributed by atoms with Crippen molar-refractivity contribution in [1.82, 2.24) is 0 Å². The van der Waals surface area contributed by atoms with Gasteiger partial charge >= 0.3 is 0 Å². The number of nitrogens with zero attached hydrogens (tertiary/aromatic N) is 1. The van der Waals surface area contributed by atoms with Crippen LogP contribution in [0.4, 0.5) is 0 Å². The predicted octanol–water partition coefficient (Wildman–Crippen LogP) is 0.550. The highest BCUT2D eigenvalue weighted by atomic mass is 14.8. The number of hydrogen-bond acceptors (Lipinski definition) is 2. The second-order valence-electron chi connectivity index (χ2n) is 1.04. The van der Waals surface area contributed by atoms with E-state index in [1.54, 1.807) is 6.21 Å². The van der Waals surface area contributed by atoms with Crippen LogP contribution in [-0.4, -0.2) is 12.9 Å². The van der Waals surface area contributed by atoms with Gasteiger partial charge in [-0.1, -0.05) is 6.08 Å². The average molecular weight is 98.1 g/mol. The van der Waals surface area contributed by atoms with E-state index in [4.69, 9.17) is 5.73 Å². The van der Waals surface area contributed by atoms with Gasteiger partial charge in [-0.05, 0) is 13.0 Å². The Morgan fingerprint density at radius 2 is 2.43 bits per heavy atom. The lowest BCUT2D eigenvalue weighted by Crippen LogP contribution is -1.92. The van der Waals surface area contributed by atoms with Gasteiger partial charge in [0.15, 0.2) is 0 Å². The minimum Gasteiger partial charge on any atom is -0.312 e. The maximum absolute atomic E-state index is 5.04. The summed E-state index contributed by atoms with van der Waals surface area (Å²) in [6, 6.07) is 0. The summed E-state index contributed by atoms with van der Waals surface area (Å²) >= 11 is 0. The van der Waals surface area contributed by atoms with Crippen molar-refractivity contribution in [2.45, 2.75) is 6.92 Å². The Kier molecular flexibility index (Phi) is 4.89. The topological polar surface area (TPSA) is 38.4 Å². The van der Waals surface area contributed by atoms with E-state index in [1.807, 2.05) is 19.1 Å². The van der Waals surface area contributed by atoms with Crippen molar-refractivity contribution in [2.24, 2.45) is 10.7 Å². The second kappa shape index (κ2) is 5.37. The molecule has 2 N–H and O–H groups in total. The maximum atomic E-state index is 5.04. The summed E-state index contributed by atoms with van der Waals surface area (Å²) in [6.45, 7) is 2.31. The van der Waals surface area contributed by atoms with Gasteiger partial charge in [0.2, 0.25) is 0 Å². The first-order chi connectivity index (χ1) is 3.41. The zero-order valence-corrected chi connectivity index (χ0v) is 4.46. The second-order valence-corrected chi connectivity index (χ2v) is 1.04. The first-order valence-electron chi connectivity index (χ1n) is 2.23. The molecule has 0 aromatic heterocycles. The summed E-state index contributed by atoms with van der Waals surface area (Å²) < 4.78 is 0. The van der Waals surface area contributed by atoms with Gasteiger partial charge < -0.3 is 5.73 Å². The SMILES string of the molecule is C/C=C\C=N/CN. The third-order valence-corrected chi connectivity index (χ3v) is 0.489. The molecule has 2 nitrogen and oxygen atoms in total. The Balaban J connectivity index is 3.09. The molecule has 0 unspecified atom stereocenters. The molecule has 2 heteroatoms. The Morgan fingerprint density at radius 3 is 2.86 bits per heavy atom. The summed E-state index contributed by atoms with van der Waals surface area (Å²) in [5.74, 6) is 0. The number of nitrogens with two attached hydrogens (primary N) is 1. The quantitative estimate of drug-likeness (QED) is 0.503. The van der Waals surface area contributed by atoms with Gasteiger partial charge in [0.05, 0.1) is 6.67 Å². The van der Waals surface area contributed by atoms with Gasteiger partial charge in [0, 0.05) is 6.21 Å². The summed E-state index contributed by atoms with van der Waals surface area (Å²) in [5, 5.41) is 0. The molecule has 0 spiro atoms. The Bertz CT molecular complexity index is 74.1. The van der Waals surface area contributed by atoms with E-state index in [0.717, 1.165) is 0 Å². The fraction of sp³-hybridized carbons (Fsp3) is 0.400.